The first-order valence-corrected chi connectivity index (χ1v) is 12.8. The summed E-state index contributed by atoms with van der Waals surface area (Å²) >= 11 is 0. The molecule has 12 nitrogen and oxygen atoms in total. The van der Waals surface area contributed by atoms with Crippen LogP contribution in [-0.2, 0) is 0 Å². The number of carbonyl (C=O) groups excluding carboxylic acids is 1. The SMILES string of the molecule is C=NC(=N)CC1CCN(c2ccc(Nc3nc(N4CCC(CC#N)CC4)nc(C=N)c3C(N)=O)cn2)CC1. The number of nitrogens with two attached hydrogens (primary N) is 1. The van der Waals surface area contributed by atoms with Gasteiger partial charge in [0.1, 0.15) is 28.7 Å². The van der Waals surface area contributed by atoms with Gasteiger partial charge < -0.3 is 26.3 Å². The first-order valence-electron chi connectivity index (χ1n) is 12.8. The van der Waals surface area contributed by atoms with E-state index in [9.17, 15) is 4.79 Å². The van der Waals surface area contributed by atoms with Crippen LogP contribution in [0.5, 0.6) is 0 Å². The fourth-order valence-corrected chi connectivity index (χ4v) is 5.00. The van der Waals surface area contributed by atoms with Crippen LogP contribution in [0.2, 0.25) is 0 Å². The third-order valence-corrected chi connectivity index (χ3v) is 7.21. The zero-order chi connectivity index (χ0) is 27.1. The maximum absolute atomic E-state index is 12.3. The summed E-state index contributed by atoms with van der Waals surface area (Å²) in [4.78, 5) is 33.9. The minimum Gasteiger partial charge on any atom is -0.365 e. The van der Waals surface area contributed by atoms with E-state index in [-0.39, 0.29) is 17.1 Å². The van der Waals surface area contributed by atoms with Gasteiger partial charge in [-0.2, -0.15) is 10.2 Å². The summed E-state index contributed by atoms with van der Waals surface area (Å²) in [6.45, 7) is 6.52. The first kappa shape index (κ1) is 26.7. The molecule has 5 N–H and O–H groups in total. The van der Waals surface area contributed by atoms with Crippen LogP contribution in [0.1, 0.15) is 54.6 Å². The Hall–Kier alpha value is -4.40. The molecule has 0 spiro atoms. The molecule has 0 bridgehead atoms. The number of carbonyl (C=O) groups is 1. The number of pyridine rings is 1. The zero-order valence-corrected chi connectivity index (χ0v) is 21.4. The highest BCUT2D eigenvalue weighted by molar-refractivity contribution is 6.04. The molecule has 0 unspecified atom stereocenters. The van der Waals surface area contributed by atoms with Crippen LogP contribution in [0, 0.1) is 34.0 Å². The van der Waals surface area contributed by atoms with E-state index >= 15 is 0 Å². The fraction of sp³-hybridized carbons (Fsp3) is 0.462. The predicted molar refractivity (Wildman–Crippen MR) is 148 cm³/mol. The summed E-state index contributed by atoms with van der Waals surface area (Å²) < 4.78 is 0. The molecule has 0 aromatic carbocycles. The number of aromatic nitrogens is 3. The second-order valence-electron chi connectivity index (χ2n) is 9.70. The van der Waals surface area contributed by atoms with E-state index in [1.807, 2.05) is 17.0 Å². The van der Waals surface area contributed by atoms with Gasteiger partial charge in [-0.1, -0.05) is 0 Å². The highest BCUT2D eigenvalue weighted by Crippen LogP contribution is 2.29. The minimum absolute atomic E-state index is 0.0499. The number of hydrogen-bond donors (Lipinski definition) is 4. The number of anilines is 4. The number of hydrogen-bond acceptors (Lipinski definition) is 10. The van der Waals surface area contributed by atoms with Crippen molar-refractivity contribution in [3.8, 4) is 6.07 Å². The van der Waals surface area contributed by atoms with E-state index in [1.165, 1.54) is 0 Å². The fourth-order valence-electron chi connectivity index (χ4n) is 5.00. The van der Waals surface area contributed by atoms with Gasteiger partial charge in [0.05, 0.1) is 18.0 Å². The van der Waals surface area contributed by atoms with Gasteiger partial charge in [0.2, 0.25) is 5.95 Å². The maximum Gasteiger partial charge on any atom is 0.254 e. The van der Waals surface area contributed by atoms with Crippen molar-refractivity contribution in [2.24, 2.45) is 22.6 Å². The Morgan fingerprint density at radius 2 is 1.87 bits per heavy atom. The number of nitrogens with zero attached hydrogens (tertiary/aromatic N) is 7. The highest BCUT2D eigenvalue weighted by Gasteiger charge is 2.25. The third kappa shape index (κ3) is 6.29. The van der Waals surface area contributed by atoms with Crippen LogP contribution in [0.15, 0.2) is 23.3 Å². The van der Waals surface area contributed by atoms with Crippen LogP contribution in [-0.4, -0.2) is 65.8 Å². The lowest BCUT2D eigenvalue weighted by Crippen LogP contribution is -2.35. The van der Waals surface area contributed by atoms with E-state index < -0.39 is 5.91 Å². The molecular formula is C26H33N11O. The molecule has 0 atom stereocenters. The van der Waals surface area contributed by atoms with E-state index in [2.05, 4.69) is 42.9 Å². The van der Waals surface area contributed by atoms with Gasteiger partial charge in [-0.05, 0) is 56.4 Å². The average molecular weight is 516 g/mol. The largest absolute Gasteiger partial charge is 0.365 e. The summed E-state index contributed by atoms with van der Waals surface area (Å²) in [6, 6.07) is 6.03. The summed E-state index contributed by atoms with van der Waals surface area (Å²) in [5, 5.41) is 27.7. The summed E-state index contributed by atoms with van der Waals surface area (Å²) in [5.74, 6) is 1.91. The molecule has 0 radical (unpaired) electrons. The molecule has 12 heteroatoms. The first-order chi connectivity index (χ1) is 18.4. The summed E-state index contributed by atoms with van der Waals surface area (Å²) in [6.07, 6.45) is 7.52. The number of nitrogens with one attached hydrogen (secondary N) is 3. The van der Waals surface area contributed by atoms with E-state index in [0.717, 1.165) is 50.8 Å². The zero-order valence-electron chi connectivity index (χ0n) is 21.4. The number of amidine groups is 1. The van der Waals surface area contributed by atoms with Crippen molar-refractivity contribution in [3.63, 3.8) is 0 Å². The summed E-state index contributed by atoms with van der Waals surface area (Å²) in [7, 11) is 0. The maximum atomic E-state index is 12.3. The quantitative estimate of drug-likeness (QED) is 0.290. The molecular weight excluding hydrogens is 482 g/mol. The van der Waals surface area contributed by atoms with Gasteiger partial charge in [0.15, 0.2) is 0 Å². The van der Waals surface area contributed by atoms with Crippen LogP contribution in [0.25, 0.3) is 0 Å². The van der Waals surface area contributed by atoms with Crippen molar-refractivity contribution >= 4 is 47.9 Å². The van der Waals surface area contributed by atoms with E-state index in [0.29, 0.717) is 55.2 Å². The Kier molecular flexibility index (Phi) is 8.58. The number of aliphatic imine (C=N–C) groups is 1. The topological polar surface area (TPSA) is 184 Å². The molecule has 2 aromatic heterocycles. The molecule has 2 aromatic rings. The predicted octanol–water partition coefficient (Wildman–Crippen LogP) is 3.13. The van der Waals surface area contributed by atoms with Crippen molar-refractivity contribution in [2.75, 3.05) is 41.3 Å². The molecule has 2 aliphatic rings. The van der Waals surface area contributed by atoms with Gasteiger partial charge in [-0.15, -0.1) is 0 Å². The van der Waals surface area contributed by atoms with Crippen molar-refractivity contribution in [1.29, 1.82) is 16.1 Å². The van der Waals surface area contributed by atoms with Gasteiger partial charge >= 0.3 is 0 Å². The standard InChI is InChI=1S/C26H33N11O/c1-31-21(29)14-18-7-10-36(11-8-18)22-3-2-19(16-32-22)33-25-23(24(30)38)20(15-28)34-26(35-25)37-12-5-17(4-9-27)6-13-37/h2-3,15-18,28-29H,1,4-8,10-14H2,(H2,30,38)(H,33,34,35). The van der Waals surface area contributed by atoms with Crippen LogP contribution in [0.4, 0.5) is 23.3 Å². The van der Waals surface area contributed by atoms with Crippen molar-refractivity contribution in [2.45, 2.75) is 38.5 Å². The molecule has 2 fully saturated rings. The normalized spacial score (nSPS) is 16.5. The molecule has 198 valence electrons. The molecule has 2 aliphatic heterocycles. The Bertz CT molecular complexity index is 1220. The second kappa shape index (κ2) is 12.2. The van der Waals surface area contributed by atoms with Crippen LogP contribution in [0.3, 0.4) is 0 Å². The lowest BCUT2D eigenvalue weighted by Gasteiger charge is -2.32. The number of rotatable bonds is 9. The number of amides is 1. The van der Waals surface area contributed by atoms with Crippen molar-refractivity contribution in [3.05, 3.63) is 29.6 Å². The Morgan fingerprint density at radius 1 is 1.18 bits per heavy atom. The van der Waals surface area contributed by atoms with E-state index in [1.54, 1.807) is 6.20 Å². The third-order valence-electron chi connectivity index (χ3n) is 7.21. The Labute approximate surface area is 222 Å². The van der Waals surface area contributed by atoms with Gasteiger partial charge in [0.25, 0.3) is 5.91 Å². The molecule has 4 heterocycles. The van der Waals surface area contributed by atoms with Gasteiger partial charge in [0, 0.05) is 45.2 Å². The lowest BCUT2D eigenvalue weighted by atomic mass is 9.93. The van der Waals surface area contributed by atoms with Crippen LogP contribution < -0.4 is 20.9 Å². The molecule has 2 saturated heterocycles. The molecule has 1 amide bonds. The van der Waals surface area contributed by atoms with Crippen molar-refractivity contribution < 1.29 is 4.79 Å². The highest BCUT2D eigenvalue weighted by atomic mass is 16.1. The Morgan fingerprint density at radius 3 is 2.45 bits per heavy atom. The van der Waals surface area contributed by atoms with Crippen molar-refractivity contribution in [1.82, 2.24) is 15.0 Å². The van der Waals surface area contributed by atoms with Gasteiger partial charge in [-0.3, -0.25) is 10.2 Å². The molecule has 0 aliphatic carbocycles. The summed E-state index contributed by atoms with van der Waals surface area (Å²) in [5.41, 5.74) is 6.47. The smallest absolute Gasteiger partial charge is 0.254 e. The lowest BCUT2D eigenvalue weighted by molar-refractivity contribution is 0.100. The minimum atomic E-state index is -0.725. The number of nitriles is 1. The number of primary amides is 1. The van der Waals surface area contributed by atoms with Crippen LogP contribution >= 0.6 is 0 Å². The van der Waals surface area contributed by atoms with Gasteiger partial charge in [-0.25, -0.2) is 15.0 Å². The van der Waals surface area contributed by atoms with E-state index in [4.69, 9.17) is 21.8 Å². The molecule has 38 heavy (non-hydrogen) atoms. The monoisotopic (exact) mass is 515 g/mol. The Balaban J connectivity index is 1.48. The molecule has 4 rings (SSSR count). The second-order valence-corrected chi connectivity index (χ2v) is 9.70. The number of piperidine rings is 2. The molecule has 0 saturated carbocycles. The average Bonchev–Trinajstić information content (AvgIpc) is 2.94.